The number of hydrogen-bond donors (Lipinski definition) is 0. The topological polar surface area (TPSA) is 141 Å². The molecule has 1 unspecified atom stereocenters. The molecule has 12 nitrogen and oxygen atoms in total. The van der Waals surface area contributed by atoms with E-state index in [4.69, 9.17) is 45.0 Å². The van der Waals surface area contributed by atoms with Crippen molar-refractivity contribution in [2.24, 2.45) is 0 Å². The van der Waals surface area contributed by atoms with Crippen molar-refractivity contribution in [2.45, 2.75) is 45.7 Å². The lowest BCUT2D eigenvalue weighted by Crippen LogP contribution is -2.32. The lowest BCUT2D eigenvalue weighted by molar-refractivity contribution is -0.182. The third kappa shape index (κ3) is 9.00. The molecule has 3 aromatic heterocycles. The Kier molecular flexibility index (Phi) is 13.1. The van der Waals surface area contributed by atoms with Crippen molar-refractivity contribution in [3.8, 4) is 50.3 Å². The van der Waals surface area contributed by atoms with Gasteiger partial charge in [-0.2, -0.15) is 0 Å². The van der Waals surface area contributed by atoms with Crippen molar-refractivity contribution in [1.82, 2.24) is 19.9 Å². The first-order valence-corrected chi connectivity index (χ1v) is 21.0. The Morgan fingerprint density at radius 3 is 2.56 bits per heavy atom. The molecule has 1 atom stereocenters. The fourth-order valence-corrected chi connectivity index (χ4v) is 8.59. The Morgan fingerprint density at radius 1 is 0.984 bits per heavy atom. The molecule has 0 aliphatic carbocycles. The number of methoxy groups -OCH3 is 1. The minimum atomic E-state index is -1.26. The SMILES string of the molecule is CCOC(=O)C(Cc1cc(C=O)ccc1OCc1ccnc(-c2ccccc2OC)n1)Oc1ncnc2sc(-c3ccc(F)cc3)c(-c3ccc(C4OCCCO4)c(Cl)c3C)c12. The van der Waals surface area contributed by atoms with Crippen LogP contribution in [0.2, 0.25) is 5.02 Å². The number of hydrogen-bond acceptors (Lipinski definition) is 13. The summed E-state index contributed by atoms with van der Waals surface area (Å²) in [5.74, 6) is 0.537. The first-order chi connectivity index (χ1) is 30.3. The fourth-order valence-electron chi connectivity index (χ4n) is 7.19. The van der Waals surface area contributed by atoms with Gasteiger partial charge in [0.15, 0.2) is 12.1 Å². The summed E-state index contributed by atoms with van der Waals surface area (Å²) in [6, 6.07) is 24.1. The summed E-state index contributed by atoms with van der Waals surface area (Å²) in [4.78, 5) is 45.6. The standard InChI is InChI=1S/C47H40ClFN4O8S/c1-4-57-46(55)38(23-30-22-28(24-54)10-17-36(30)60-25-32-18-19-50-43(53-32)34-8-5-6-9-37(34)56-3)61-44-40-39(33-15-16-35(41(48)27(33)2)47-58-20-7-21-59-47)42(62-45(40)52-26-51-44)29-11-13-31(49)14-12-29/h5-6,8-19,22,24,26,38,47H,4,7,20-21,23,25H2,1-3H3. The Bertz CT molecular complexity index is 2740. The van der Waals surface area contributed by atoms with E-state index in [1.807, 2.05) is 43.3 Å². The minimum Gasteiger partial charge on any atom is -0.496 e. The van der Waals surface area contributed by atoms with Gasteiger partial charge in [0.2, 0.25) is 12.0 Å². The smallest absolute Gasteiger partial charge is 0.347 e. The van der Waals surface area contributed by atoms with Crippen molar-refractivity contribution in [3.63, 3.8) is 0 Å². The number of aromatic nitrogens is 4. The third-order valence-electron chi connectivity index (χ3n) is 10.2. The van der Waals surface area contributed by atoms with Crippen molar-refractivity contribution in [2.75, 3.05) is 26.9 Å². The van der Waals surface area contributed by atoms with Crippen LogP contribution in [0.25, 0.3) is 43.2 Å². The molecule has 0 bridgehead atoms. The van der Waals surface area contributed by atoms with Gasteiger partial charge in [0, 0.05) is 34.2 Å². The summed E-state index contributed by atoms with van der Waals surface area (Å²) in [7, 11) is 1.58. The number of esters is 1. The maximum atomic E-state index is 14.2. The van der Waals surface area contributed by atoms with Gasteiger partial charge in [0.25, 0.3) is 0 Å². The lowest BCUT2D eigenvalue weighted by Gasteiger charge is -2.25. The van der Waals surface area contributed by atoms with Crippen LogP contribution in [0.15, 0.2) is 97.5 Å². The van der Waals surface area contributed by atoms with Crippen LogP contribution in [0.4, 0.5) is 4.39 Å². The molecule has 0 radical (unpaired) electrons. The predicted molar refractivity (Wildman–Crippen MR) is 232 cm³/mol. The molecule has 1 aliphatic heterocycles. The van der Waals surface area contributed by atoms with Gasteiger partial charge in [-0.15, -0.1) is 11.3 Å². The molecule has 62 heavy (non-hydrogen) atoms. The average molecular weight is 875 g/mol. The van der Waals surface area contributed by atoms with Gasteiger partial charge in [-0.3, -0.25) is 4.79 Å². The van der Waals surface area contributed by atoms with E-state index >= 15 is 0 Å². The van der Waals surface area contributed by atoms with Crippen molar-refractivity contribution in [3.05, 3.63) is 136 Å². The molecule has 8 rings (SSSR count). The largest absolute Gasteiger partial charge is 0.496 e. The number of benzene rings is 4. The molecule has 0 spiro atoms. The maximum absolute atomic E-state index is 14.2. The number of nitrogens with zero attached hydrogens (tertiary/aromatic N) is 4. The van der Waals surface area contributed by atoms with E-state index in [0.29, 0.717) is 80.0 Å². The summed E-state index contributed by atoms with van der Waals surface area (Å²) >= 11 is 8.45. The first-order valence-electron chi connectivity index (χ1n) is 19.8. The molecule has 15 heteroatoms. The van der Waals surface area contributed by atoms with Crippen molar-refractivity contribution < 1.29 is 42.4 Å². The zero-order valence-electron chi connectivity index (χ0n) is 33.9. The number of ether oxygens (including phenoxy) is 6. The summed E-state index contributed by atoms with van der Waals surface area (Å²) in [5.41, 5.74) is 5.72. The van der Waals surface area contributed by atoms with Gasteiger partial charge in [-0.1, -0.05) is 48.0 Å². The first kappa shape index (κ1) is 42.4. The van der Waals surface area contributed by atoms with Crippen molar-refractivity contribution in [1.29, 1.82) is 0 Å². The third-order valence-corrected chi connectivity index (χ3v) is 11.8. The van der Waals surface area contributed by atoms with Gasteiger partial charge in [0.1, 0.15) is 41.4 Å². The van der Waals surface area contributed by atoms with E-state index in [0.717, 1.165) is 33.6 Å². The molecule has 0 N–H and O–H groups in total. The monoisotopic (exact) mass is 874 g/mol. The Labute approximate surface area is 365 Å². The van der Waals surface area contributed by atoms with Gasteiger partial charge >= 0.3 is 5.97 Å². The summed E-state index contributed by atoms with van der Waals surface area (Å²) in [5, 5.41) is 0.971. The van der Waals surface area contributed by atoms with E-state index in [1.165, 1.54) is 29.8 Å². The highest BCUT2D eigenvalue weighted by molar-refractivity contribution is 7.22. The summed E-state index contributed by atoms with van der Waals surface area (Å²) < 4.78 is 50.0. The van der Waals surface area contributed by atoms with Crippen LogP contribution in [0.5, 0.6) is 17.4 Å². The molecule has 0 amide bonds. The molecular formula is C47H40ClFN4O8S. The molecule has 7 aromatic rings. The molecule has 1 saturated heterocycles. The van der Waals surface area contributed by atoms with Crippen LogP contribution >= 0.6 is 22.9 Å². The van der Waals surface area contributed by atoms with E-state index in [2.05, 4.69) is 15.0 Å². The van der Waals surface area contributed by atoms with Crippen LogP contribution in [0.3, 0.4) is 0 Å². The van der Waals surface area contributed by atoms with Crippen LogP contribution in [0, 0.1) is 12.7 Å². The molecular weight excluding hydrogens is 835 g/mol. The van der Waals surface area contributed by atoms with Gasteiger partial charge in [0.05, 0.1) is 48.6 Å². The summed E-state index contributed by atoms with van der Waals surface area (Å²) in [6.45, 7) is 4.81. The van der Waals surface area contributed by atoms with E-state index in [1.54, 1.807) is 56.6 Å². The van der Waals surface area contributed by atoms with Crippen molar-refractivity contribution >= 4 is 45.4 Å². The molecule has 1 aliphatic rings. The molecule has 316 valence electrons. The fraction of sp³-hybridized carbons (Fsp3) is 0.234. The van der Waals surface area contributed by atoms with E-state index < -0.39 is 18.4 Å². The van der Waals surface area contributed by atoms with Crippen LogP contribution < -0.4 is 14.2 Å². The minimum absolute atomic E-state index is 0.0414. The molecule has 4 aromatic carbocycles. The van der Waals surface area contributed by atoms with E-state index in [9.17, 15) is 14.0 Å². The average Bonchev–Trinajstić information content (AvgIpc) is 3.70. The highest BCUT2D eigenvalue weighted by Crippen LogP contribution is 2.49. The highest BCUT2D eigenvalue weighted by Gasteiger charge is 2.30. The molecule has 1 fully saturated rings. The number of halogens is 2. The number of aldehydes is 1. The highest BCUT2D eigenvalue weighted by atomic mass is 35.5. The number of thiophene rings is 1. The van der Waals surface area contributed by atoms with Crippen LogP contribution in [-0.2, 0) is 32.0 Å². The number of carbonyl (C=O) groups is 2. The number of para-hydroxylation sites is 1. The Morgan fingerprint density at radius 2 is 1.79 bits per heavy atom. The quantitative estimate of drug-likeness (QED) is 0.0715. The van der Waals surface area contributed by atoms with Crippen LogP contribution in [-0.4, -0.2) is 65.2 Å². The van der Waals surface area contributed by atoms with Gasteiger partial charge in [-0.05, 0) is 91.1 Å². The Balaban J connectivity index is 1.17. The predicted octanol–water partition coefficient (Wildman–Crippen LogP) is 9.97. The number of fused-ring (bicyclic) bond motifs is 1. The van der Waals surface area contributed by atoms with Gasteiger partial charge < -0.3 is 28.4 Å². The normalized spacial score (nSPS) is 13.4. The zero-order chi connectivity index (χ0) is 43.2. The maximum Gasteiger partial charge on any atom is 0.347 e. The number of rotatable bonds is 15. The Hall–Kier alpha value is -6.32. The second-order valence-electron chi connectivity index (χ2n) is 14.1. The van der Waals surface area contributed by atoms with Gasteiger partial charge in [-0.25, -0.2) is 29.1 Å². The molecule has 0 saturated carbocycles. The lowest BCUT2D eigenvalue weighted by atomic mass is 9.94. The van der Waals surface area contributed by atoms with E-state index in [-0.39, 0.29) is 31.3 Å². The molecule has 4 heterocycles. The zero-order valence-corrected chi connectivity index (χ0v) is 35.5. The number of carbonyl (C=O) groups excluding carboxylic acids is 2. The second kappa shape index (κ2) is 19.2. The second-order valence-corrected chi connectivity index (χ2v) is 15.5. The summed E-state index contributed by atoms with van der Waals surface area (Å²) in [6.07, 6.45) is 2.56. The van der Waals surface area contributed by atoms with Crippen LogP contribution in [0.1, 0.15) is 52.4 Å².